The number of amides is 3. The molecule has 3 amide bonds. The van der Waals surface area contributed by atoms with Crippen LogP contribution in [-0.2, 0) is 20.7 Å². The Labute approximate surface area is 189 Å². The Morgan fingerprint density at radius 1 is 1.03 bits per heavy atom. The molecule has 3 atom stereocenters. The zero-order valence-electron chi connectivity index (χ0n) is 19.0. The fourth-order valence-electron chi connectivity index (χ4n) is 4.44. The van der Waals surface area contributed by atoms with Crippen LogP contribution in [0.15, 0.2) is 42.5 Å². The van der Waals surface area contributed by atoms with Crippen LogP contribution < -0.4 is 11.1 Å². The predicted molar refractivity (Wildman–Crippen MR) is 124 cm³/mol. The third-order valence-electron chi connectivity index (χ3n) is 6.18. The molecule has 2 aromatic rings. The number of nitrogens with one attached hydrogen (secondary N) is 1. The van der Waals surface area contributed by atoms with Gasteiger partial charge in [-0.25, -0.2) is 4.79 Å². The van der Waals surface area contributed by atoms with E-state index >= 15 is 0 Å². The second-order valence-corrected chi connectivity index (χ2v) is 8.84. The fourth-order valence-corrected chi connectivity index (χ4v) is 4.44. The summed E-state index contributed by atoms with van der Waals surface area (Å²) in [7, 11) is 0. The summed E-state index contributed by atoms with van der Waals surface area (Å²) in [6.45, 7) is 7.41. The van der Waals surface area contributed by atoms with Crippen molar-refractivity contribution in [3.8, 4) is 0 Å². The Morgan fingerprint density at radius 3 is 2.34 bits per heavy atom. The first kappa shape index (κ1) is 23.7. The third-order valence-corrected chi connectivity index (χ3v) is 6.18. The molecular formula is C25H33N3O4. The van der Waals surface area contributed by atoms with Gasteiger partial charge in [0.1, 0.15) is 11.8 Å². The van der Waals surface area contributed by atoms with Crippen molar-refractivity contribution in [1.82, 2.24) is 10.2 Å². The number of nitrogens with two attached hydrogens (primary N) is 1. The van der Waals surface area contributed by atoms with Gasteiger partial charge in [-0.15, -0.1) is 0 Å². The van der Waals surface area contributed by atoms with Crippen LogP contribution in [0.5, 0.6) is 0 Å². The van der Waals surface area contributed by atoms with E-state index in [0.717, 1.165) is 16.3 Å². The molecule has 0 unspecified atom stereocenters. The number of nitrogens with zero attached hydrogens (tertiary/aromatic N) is 1. The molecule has 0 bridgehead atoms. The molecule has 3 N–H and O–H groups in total. The van der Waals surface area contributed by atoms with Gasteiger partial charge in [0.15, 0.2) is 0 Å². The van der Waals surface area contributed by atoms with Crippen molar-refractivity contribution in [2.24, 2.45) is 23.5 Å². The standard InChI is InChI=1S/C25H33N3O4/c1-16(2)21(22(24(26)30)27-25(31)28-11-13-32-14-12-28)23(29)17(3)15-19-9-6-8-18-7-4-5-10-20(18)19/h4-10,16-17,21-22H,11-15H2,1-3H3,(H2,26,30)(H,27,31)/t17-,21+,22-/m0/s1. The molecule has 1 aliphatic rings. The highest BCUT2D eigenvalue weighted by molar-refractivity contribution is 5.94. The summed E-state index contributed by atoms with van der Waals surface area (Å²) < 4.78 is 5.28. The number of Topliss-reactive ketones (excluding diaryl/α,β-unsaturated/α-hetero) is 1. The van der Waals surface area contributed by atoms with E-state index in [1.54, 1.807) is 4.90 Å². The lowest BCUT2D eigenvalue weighted by molar-refractivity contribution is -0.133. The zero-order valence-corrected chi connectivity index (χ0v) is 19.0. The minimum Gasteiger partial charge on any atom is -0.378 e. The lowest BCUT2D eigenvalue weighted by atomic mass is 9.78. The first-order chi connectivity index (χ1) is 15.3. The number of primary amides is 1. The number of ketones is 1. The van der Waals surface area contributed by atoms with Crippen LogP contribution in [0, 0.1) is 17.8 Å². The SMILES string of the molecule is CC(C)[C@@H](C(=O)[C@@H](C)Cc1cccc2ccccc12)[C@H](NC(=O)N1CCOCC1)C(N)=O. The Hall–Kier alpha value is -2.93. The van der Waals surface area contributed by atoms with Crippen LogP contribution >= 0.6 is 0 Å². The molecule has 0 saturated carbocycles. The van der Waals surface area contributed by atoms with Gasteiger partial charge in [0.05, 0.1) is 13.2 Å². The molecular weight excluding hydrogens is 406 g/mol. The highest BCUT2D eigenvalue weighted by atomic mass is 16.5. The topological polar surface area (TPSA) is 102 Å². The Bertz CT molecular complexity index is 963. The van der Waals surface area contributed by atoms with Crippen LogP contribution in [0.1, 0.15) is 26.3 Å². The van der Waals surface area contributed by atoms with Gasteiger partial charge in [-0.1, -0.05) is 63.2 Å². The normalized spacial score (nSPS) is 17.1. The number of carbonyl (C=O) groups excluding carboxylic acids is 3. The Morgan fingerprint density at radius 2 is 1.69 bits per heavy atom. The van der Waals surface area contributed by atoms with Crippen LogP contribution in [0.2, 0.25) is 0 Å². The maximum absolute atomic E-state index is 13.5. The fraction of sp³-hybridized carbons (Fsp3) is 0.480. The summed E-state index contributed by atoms with van der Waals surface area (Å²) in [5.41, 5.74) is 6.75. The quantitative estimate of drug-likeness (QED) is 0.660. The molecule has 1 saturated heterocycles. The van der Waals surface area contributed by atoms with Crippen molar-refractivity contribution in [2.45, 2.75) is 33.2 Å². The monoisotopic (exact) mass is 439 g/mol. The lowest BCUT2D eigenvalue weighted by Gasteiger charge is -2.33. The summed E-state index contributed by atoms with van der Waals surface area (Å²) in [6, 6.07) is 12.7. The highest BCUT2D eigenvalue weighted by Gasteiger charge is 2.38. The number of hydrogen-bond acceptors (Lipinski definition) is 4. The van der Waals surface area contributed by atoms with E-state index in [0.29, 0.717) is 32.7 Å². The van der Waals surface area contributed by atoms with E-state index in [-0.39, 0.29) is 17.6 Å². The van der Waals surface area contributed by atoms with Crippen molar-refractivity contribution in [3.05, 3.63) is 48.0 Å². The highest BCUT2D eigenvalue weighted by Crippen LogP contribution is 2.26. The molecule has 3 rings (SSSR count). The number of hydrogen-bond donors (Lipinski definition) is 2. The molecule has 1 aliphatic heterocycles. The van der Waals surface area contributed by atoms with Gasteiger partial charge in [0.25, 0.3) is 0 Å². The van der Waals surface area contributed by atoms with E-state index in [4.69, 9.17) is 10.5 Å². The summed E-state index contributed by atoms with van der Waals surface area (Å²) in [4.78, 5) is 40.2. The van der Waals surface area contributed by atoms with E-state index in [1.807, 2.05) is 57.2 Å². The summed E-state index contributed by atoms with van der Waals surface area (Å²) in [6.07, 6.45) is 0.548. The van der Waals surface area contributed by atoms with Gasteiger partial charge in [0, 0.05) is 24.9 Å². The number of ether oxygens (including phenoxy) is 1. The second-order valence-electron chi connectivity index (χ2n) is 8.84. The van der Waals surface area contributed by atoms with Crippen molar-refractivity contribution in [3.63, 3.8) is 0 Å². The minimum atomic E-state index is -1.06. The molecule has 7 heteroatoms. The molecule has 1 heterocycles. The average molecular weight is 440 g/mol. The first-order valence-corrected chi connectivity index (χ1v) is 11.2. The molecule has 0 aliphatic carbocycles. The molecule has 1 fully saturated rings. The Balaban J connectivity index is 1.79. The van der Waals surface area contributed by atoms with Gasteiger partial charge >= 0.3 is 6.03 Å². The third kappa shape index (κ3) is 5.46. The van der Waals surface area contributed by atoms with Gasteiger partial charge in [0.2, 0.25) is 5.91 Å². The predicted octanol–water partition coefficient (Wildman–Crippen LogP) is 2.76. The number of carbonyl (C=O) groups is 3. The number of benzene rings is 2. The average Bonchev–Trinajstić information content (AvgIpc) is 2.78. The zero-order chi connectivity index (χ0) is 23.3. The smallest absolute Gasteiger partial charge is 0.318 e. The molecule has 0 radical (unpaired) electrons. The summed E-state index contributed by atoms with van der Waals surface area (Å²) in [5, 5.41) is 4.97. The minimum absolute atomic E-state index is 0.0704. The Kier molecular flexibility index (Phi) is 7.85. The maximum Gasteiger partial charge on any atom is 0.318 e. The molecule has 2 aromatic carbocycles. The number of morpholine rings is 1. The van der Waals surface area contributed by atoms with Gasteiger partial charge in [-0.05, 0) is 28.7 Å². The van der Waals surface area contributed by atoms with E-state index in [1.165, 1.54) is 0 Å². The first-order valence-electron chi connectivity index (χ1n) is 11.2. The molecule has 0 spiro atoms. The van der Waals surface area contributed by atoms with Crippen LogP contribution in [0.25, 0.3) is 10.8 Å². The van der Waals surface area contributed by atoms with Crippen molar-refractivity contribution in [1.29, 1.82) is 0 Å². The van der Waals surface area contributed by atoms with Gasteiger partial charge in [-0.2, -0.15) is 0 Å². The van der Waals surface area contributed by atoms with Gasteiger partial charge < -0.3 is 20.7 Å². The van der Waals surface area contributed by atoms with E-state index < -0.39 is 23.9 Å². The molecule has 32 heavy (non-hydrogen) atoms. The second kappa shape index (κ2) is 10.6. The van der Waals surface area contributed by atoms with Crippen LogP contribution in [-0.4, -0.2) is 55.0 Å². The molecule has 172 valence electrons. The molecule has 7 nitrogen and oxygen atoms in total. The number of rotatable bonds is 8. The maximum atomic E-state index is 13.5. The number of urea groups is 1. The lowest BCUT2D eigenvalue weighted by Crippen LogP contribution is -2.57. The van der Waals surface area contributed by atoms with Gasteiger partial charge in [-0.3, -0.25) is 9.59 Å². The van der Waals surface area contributed by atoms with E-state index in [9.17, 15) is 14.4 Å². The van der Waals surface area contributed by atoms with E-state index in [2.05, 4.69) is 11.4 Å². The van der Waals surface area contributed by atoms with Crippen molar-refractivity contribution in [2.75, 3.05) is 26.3 Å². The largest absolute Gasteiger partial charge is 0.378 e. The summed E-state index contributed by atoms with van der Waals surface area (Å²) >= 11 is 0. The van der Waals surface area contributed by atoms with Crippen molar-refractivity contribution < 1.29 is 19.1 Å². The summed E-state index contributed by atoms with van der Waals surface area (Å²) in [5.74, 6) is -1.98. The number of fused-ring (bicyclic) bond motifs is 1. The van der Waals surface area contributed by atoms with Crippen LogP contribution in [0.4, 0.5) is 4.79 Å². The molecule has 0 aromatic heterocycles. The van der Waals surface area contributed by atoms with Crippen molar-refractivity contribution >= 4 is 28.5 Å². The van der Waals surface area contributed by atoms with Crippen LogP contribution in [0.3, 0.4) is 0 Å².